The van der Waals surface area contributed by atoms with E-state index in [4.69, 9.17) is 11.6 Å². The normalized spacial score (nSPS) is 16.4. The second kappa shape index (κ2) is 8.10. The highest BCUT2D eigenvalue weighted by Crippen LogP contribution is 2.23. The zero-order chi connectivity index (χ0) is 18.7. The number of rotatable bonds is 3. The Morgan fingerprint density at radius 2 is 1.81 bits per heavy atom. The van der Waals surface area contributed by atoms with Gasteiger partial charge in [-0.1, -0.05) is 27.5 Å². The van der Waals surface area contributed by atoms with Crippen LogP contribution >= 0.6 is 27.5 Å². The first-order valence-corrected chi connectivity index (χ1v) is 9.51. The summed E-state index contributed by atoms with van der Waals surface area (Å²) in [5, 5.41) is 6.38. The van der Waals surface area contributed by atoms with Crippen LogP contribution in [0.4, 0.5) is 16.2 Å². The van der Waals surface area contributed by atoms with Crippen LogP contribution < -0.4 is 10.6 Å². The second-order valence-electron chi connectivity index (χ2n) is 6.24. The van der Waals surface area contributed by atoms with Gasteiger partial charge in [-0.15, -0.1) is 0 Å². The maximum absolute atomic E-state index is 12.6. The number of benzene rings is 2. The van der Waals surface area contributed by atoms with Crippen molar-refractivity contribution in [1.29, 1.82) is 0 Å². The zero-order valence-electron chi connectivity index (χ0n) is 14.3. The van der Waals surface area contributed by atoms with Crippen molar-refractivity contribution >= 4 is 50.8 Å². The average Bonchev–Trinajstić information content (AvgIpc) is 3.10. The molecule has 0 unspecified atom stereocenters. The predicted octanol–water partition coefficient (Wildman–Crippen LogP) is 5.05. The molecule has 1 aliphatic rings. The van der Waals surface area contributed by atoms with Gasteiger partial charge in [0.2, 0.25) is 5.91 Å². The molecule has 5 nitrogen and oxygen atoms in total. The number of aryl methyl sites for hydroxylation is 1. The average molecular weight is 437 g/mol. The molecule has 7 heteroatoms. The number of likely N-dealkylation sites (tertiary alicyclic amines) is 1. The monoisotopic (exact) mass is 435 g/mol. The minimum Gasteiger partial charge on any atom is -0.324 e. The molecule has 1 heterocycles. The fourth-order valence-electron chi connectivity index (χ4n) is 2.96. The molecule has 136 valence electrons. The molecule has 1 aliphatic heterocycles. The molecular weight excluding hydrogens is 418 g/mol. The lowest BCUT2D eigenvalue weighted by Crippen LogP contribution is -2.45. The molecule has 2 aromatic rings. The molecule has 0 aromatic heterocycles. The lowest BCUT2D eigenvalue weighted by atomic mass is 10.2. The van der Waals surface area contributed by atoms with E-state index in [1.807, 2.05) is 37.3 Å². The van der Waals surface area contributed by atoms with Crippen LogP contribution in [-0.4, -0.2) is 29.4 Å². The first kappa shape index (κ1) is 18.7. The molecule has 0 saturated carbocycles. The molecule has 1 fully saturated rings. The lowest BCUT2D eigenvalue weighted by Gasteiger charge is -2.24. The molecular formula is C19H19BrClN3O2. The van der Waals surface area contributed by atoms with E-state index < -0.39 is 6.04 Å². The summed E-state index contributed by atoms with van der Waals surface area (Å²) in [5.74, 6) is -0.174. The number of hydrogen-bond donors (Lipinski definition) is 2. The van der Waals surface area contributed by atoms with Crippen molar-refractivity contribution in [1.82, 2.24) is 4.90 Å². The first-order chi connectivity index (χ1) is 12.4. The number of hydrogen-bond acceptors (Lipinski definition) is 2. The summed E-state index contributed by atoms with van der Waals surface area (Å²) in [4.78, 5) is 26.8. The van der Waals surface area contributed by atoms with E-state index in [1.54, 1.807) is 17.0 Å². The van der Waals surface area contributed by atoms with Crippen LogP contribution in [0.15, 0.2) is 46.9 Å². The standard InChI is InChI=1S/C19H19BrClN3O2/c1-12-11-15(8-9-16(12)21)23-19(26)24-10-2-3-17(24)18(25)22-14-6-4-13(20)5-7-14/h4-9,11,17H,2-3,10H2,1H3,(H,22,25)(H,23,26)/t17-/m1/s1. The van der Waals surface area contributed by atoms with Crippen molar-refractivity contribution in [3.8, 4) is 0 Å². The summed E-state index contributed by atoms with van der Waals surface area (Å²) in [7, 11) is 0. The molecule has 0 spiro atoms. The van der Waals surface area contributed by atoms with E-state index >= 15 is 0 Å². The minimum absolute atomic E-state index is 0.174. The maximum Gasteiger partial charge on any atom is 0.322 e. The fraction of sp³-hybridized carbons (Fsp3) is 0.263. The van der Waals surface area contributed by atoms with Crippen molar-refractivity contribution in [2.45, 2.75) is 25.8 Å². The Kier molecular flexibility index (Phi) is 5.84. The number of anilines is 2. The van der Waals surface area contributed by atoms with Gasteiger partial charge >= 0.3 is 6.03 Å². The van der Waals surface area contributed by atoms with Crippen LogP contribution in [0.1, 0.15) is 18.4 Å². The van der Waals surface area contributed by atoms with E-state index in [0.717, 1.165) is 16.5 Å². The number of halogens is 2. The van der Waals surface area contributed by atoms with Crippen molar-refractivity contribution in [3.63, 3.8) is 0 Å². The zero-order valence-corrected chi connectivity index (χ0v) is 16.6. The molecule has 2 aromatic carbocycles. The van der Waals surface area contributed by atoms with Crippen LogP contribution in [-0.2, 0) is 4.79 Å². The van der Waals surface area contributed by atoms with Gasteiger partial charge in [0.15, 0.2) is 0 Å². The first-order valence-electron chi connectivity index (χ1n) is 8.34. The molecule has 3 rings (SSSR count). The highest BCUT2D eigenvalue weighted by atomic mass is 79.9. The molecule has 1 atom stereocenters. The van der Waals surface area contributed by atoms with Crippen LogP contribution in [0.2, 0.25) is 5.02 Å². The third-order valence-corrected chi connectivity index (χ3v) is 5.29. The molecule has 0 radical (unpaired) electrons. The summed E-state index contributed by atoms with van der Waals surface area (Å²) in [6, 6.07) is 11.9. The molecule has 2 N–H and O–H groups in total. The fourth-order valence-corrected chi connectivity index (χ4v) is 3.34. The van der Waals surface area contributed by atoms with Gasteiger partial charge < -0.3 is 15.5 Å². The number of carbonyl (C=O) groups is 2. The van der Waals surface area contributed by atoms with E-state index in [0.29, 0.717) is 29.4 Å². The topological polar surface area (TPSA) is 61.4 Å². The molecule has 3 amide bonds. The molecule has 26 heavy (non-hydrogen) atoms. The Balaban J connectivity index is 1.66. The third kappa shape index (κ3) is 4.37. The number of amides is 3. The Morgan fingerprint density at radius 3 is 2.50 bits per heavy atom. The SMILES string of the molecule is Cc1cc(NC(=O)N2CCC[C@@H]2C(=O)Nc2ccc(Br)cc2)ccc1Cl. The highest BCUT2D eigenvalue weighted by Gasteiger charge is 2.34. The van der Waals surface area contributed by atoms with Gasteiger partial charge in [-0.2, -0.15) is 0 Å². The Labute approximate surface area is 165 Å². The second-order valence-corrected chi connectivity index (χ2v) is 7.56. The Morgan fingerprint density at radius 1 is 1.12 bits per heavy atom. The predicted molar refractivity (Wildman–Crippen MR) is 108 cm³/mol. The molecule has 0 bridgehead atoms. The van der Waals surface area contributed by atoms with Gasteiger partial charge in [-0.25, -0.2) is 4.79 Å². The molecule has 1 saturated heterocycles. The van der Waals surface area contributed by atoms with Crippen LogP contribution in [0, 0.1) is 6.92 Å². The maximum atomic E-state index is 12.6. The summed E-state index contributed by atoms with van der Waals surface area (Å²) >= 11 is 9.38. The van der Waals surface area contributed by atoms with E-state index in [1.165, 1.54) is 0 Å². The van der Waals surface area contributed by atoms with Crippen LogP contribution in [0.3, 0.4) is 0 Å². The van der Waals surface area contributed by atoms with Crippen LogP contribution in [0.25, 0.3) is 0 Å². The number of nitrogens with zero attached hydrogens (tertiary/aromatic N) is 1. The number of nitrogens with one attached hydrogen (secondary N) is 2. The van der Waals surface area contributed by atoms with Crippen molar-refractivity contribution in [3.05, 3.63) is 57.5 Å². The third-order valence-electron chi connectivity index (χ3n) is 4.34. The Hall–Kier alpha value is -2.05. The van der Waals surface area contributed by atoms with Gasteiger partial charge in [-0.05, 0) is 67.8 Å². The Bertz CT molecular complexity index is 826. The van der Waals surface area contributed by atoms with Gasteiger partial charge in [0.1, 0.15) is 6.04 Å². The van der Waals surface area contributed by atoms with E-state index in [9.17, 15) is 9.59 Å². The van der Waals surface area contributed by atoms with Gasteiger partial charge in [-0.3, -0.25) is 4.79 Å². The minimum atomic E-state index is -0.480. The van der Waals surface area contributed by atoms with Gasteiger partial charge in [0, 0.05) is 27.4 Å². The van der Waals surface area contributed by atoms with Crippen LogP contribution in [0.5, 0.6) is 0 Å². The quantitative estimate of drug-likeness (QED) is 0.707. The summed E-state index contributed by atoms with van der Waals surface area (Å²) < 4.78 is 0.940. The van der Waals surface area contributed by atoms with Gasteiger partial charge in [0.25, 0.3) is 0 Å². The van der Waals surface area contributed by atoms with Crippen molar-refractivity contribution in [2.24, 2.45) is 0 Å². The largest absolute Gasteiger partial charge is 0.324 e. The number of carbonyl (C=O) groups excluding carboxylic acids is 2. The molecule has 0 aliphatic carbocycles. The summed E-state index contributed by atoms with van der Waals surface area (Å²) in [5.41, 5.74) is 2.25. The van der Waals surface area contributed by atoms with Crippen molar-refractivity contribution < 1.29 is 9.59 Å². The number of urea groups is 1. The van der Waals surface area contributed by atoms with Gasteiger partial charge in [0.05, 0.1) is 0 Å². The van der Waals surface area contributed by atoms with E-state index in [2.05, 4.69) is 26.6 Å². The van der Waals surface area contributed by atoms with Crippen molar-refractivity contribution in [2.75, 3.05) is 17.2 Å². The lowest BCUT2D eigenvalue weighted by molar-refractivity contribution is -0.119. The summed E-state index contributed by atoms with van der Waals surface area (Å²) in [6.45, 7) is 2.43. The highest BCUT2D eigenvalue weighted by molar-refractivity contribution is 9.10. The smallest absolute Gasteiger partial charge is 0.322 e. The van der Waals surface area contributed by atoms with E-state index in [-0.39, 0.29) is 11.9 Å². The summed E-state index contributed by atoms with van der Waals surface area (Å²) in [6.07, 6.45) is 1.45.